The van der Waals surface area contributed by atoms with Crippen molar-refractivity contribution >= 4 is 29.0 Å². The minimum atomic E-state index is -4.51. The normalized spacial score (nSPS) is 11.3. The third-order valence-corrected chi connectivity index (χ3v) is 3.32. The number of pyridine rings is 1. The van der Waals surface area contributed by atoms with Crippen LogP contribution in [0, 0.1) is 0 Å². The highest BCUT2D eigenvalue weighted by Crippen LogP contribution is 2.37. The Hall–Kier alpha value is -1.66. The average Bonchev–Trinajstić information content (AvgIpc) is 2.42. The molecule has 8 heteroatoms. The van der Waals surface area contributed by atoms with Crippen LogP contribution >= 0.6 is 23.2 Å². The van der Waals surface area contributed by atoms with E-state index in [0.29, 0.717) is 0 Å². The Morgan fingerprint density at radius 2 is 1.90 bits per heavy atom. The summed E-state index contributed by atoms with van der Waals surface area (Å²) >= 11 is 11.7. The van der Waals surface area contributed by atoms with Crippen LogP contribution in [0.1, 0.15) is 5.56 Å². The lowest BCUT2D eigenvalue weighted by Crippen LogP contribution is -2.07. The SMILES string of the molecule is CNc1cc(C(F)(F)F)cc(Oc2cccc(Cl)c2Cl)n1. The quantitative estimate of drug-likeness (QED) is 0.832. The van der Waals surface area contributed by atoms with Crippen LogP contribution in [-0.2, 0) is 6.18 Å². The van der Waals surface area contributed by atoms with E-state index in [2.05, 4.69) is 10.3 Å². The van der Waals surface area contributed by atoms with Gasteiger partial charge in [0.25, 0.3) is 0 Å². The fraction of sp³-hybridized carbons (Fsp3) is 0.154. The van der Waals surface area contributed by atoms with Crippen molar-refractivity contribution < 1.29 is 17.9 Å². The highest BCUT2D eigenvalue weighted by atomic mass is 35.5. The molecule has 0 bridgehead atoms. The van der Waals surface area contributed by atoms with Gasteiger partial charge in [-0.15, -0.1) is 0 Å². The van der Waals surface area contributed by atoms with Gasteiger partial charge in [-0.2, -0.15) is 18.2 Å². The fourth-order valence-electron chi connectivity index (χ4n) is 1.52. The van der Waals surface area contributed by atoms with E-state index in [4.69, 9.17) is 27.9 Å². The molecule has 2 rings (SSSR count). The topological polar surface area (TPSA) is 34.1 Å². The van der Waals surface area contributed by atoms with Crippen LogP contribution in [0.4, 0.5) is 19.0 Å². The van der Waals surface area contributed by atoms with Crippen LogP contribution < -0.4 is 10.1 Å². The zero-order valence-corrected chi connectivity index (χ0v) is 12.1. The monoisotopic (exact) mass is 336 g/mol. The van der Waals surface area contributed by atoms with E-state index in [1.807, 2.05) is 0 Å². The molecule has 1 N–H and O–H groups in total. The van der Waals surface area contributed by atoms with Gasteiger partial charge in [0.1, 0.15) is 16.6 Å². The third-order valence-electron chi connectivity index (χ3n) is 2.52. The summed E-state index contributed by atoms with van der Waals surface area (Å²) in [6, 6.07) is 6.26. The molecule has 0 aliphatic rings. The molecule has 3 nitrogen and oxygen atoms in total. The standard InChI is InChI=1S/C13H9Cl2F3N2O/c1-19-10-5-7(13(16,17)18)6-11(20-10)21-9-4-2-3-8(14)12(9)15/h2-6H,1H3,(H,19,20). The van der Waals surface area contributed by atoms with E-state index < -0.39 is 11.7 Å². The van der Waals surface area contributed by atoms with Gasteiger partial charge in [-0.1, -0.05) is 29.3 Å². The lowest BCUT2D eigenvalue weighted by atomic mass is 10.2. The second kappa shape index (κ2) is 5.99. The number of ether oxygens (including phenoxy) is 1. The maximum atomic E-state index is 12.8. The van der Waals surface area contributed by atoms with Crippen LogP contribution in [0.2, 0.25) is 10.0 Å². The molecule has 0 spiro atoms. The Labute approximate surface area is 128 Å². The van der Waals surface area contributed by atoms with Crippen molar-refractivity contribution in [2.75, 3.05) is 12.4 Å². The molecule has 0 unspecified atom stereocenters. The van der Waals surface area contributed by atoms with Gasteiger partial charge in [-0.05, 0) is 18.2 Å². The first-order chi connectivity index (χ1) is 9.81. The minimum absolute atomic E-state index is 0.0259. The Morgan fingerprint density at radius 1 is 1.19 bits per heavy atom. The van der Waals surface area contributed by atoms with Crippen LogP contribution in [0.15, 0.2) is 30.3 Å². The summed E-state index contributed by atoms with van der Waals surface area (Å²) in [5.74, 6) is -0.0886. The maximum Gasteiger partial charge on any atom is 0.416 e. The molecule has 1 aromatic heterocycles. The van der Waals surface area contributed by atoms with Crippen molar-refractivity contribution in [3.8, 4) is 11.6 Å². The Kier molecular flexibility index (Phi) is 4.49. The second-order valence-corrected chi connectivity index (χ2v) is 4.77. The molecular weight excluding hydrogens is 328 g/mol. The van der Waals surface area contributed by atoms with E-state index in [-0.39, 0.29) is 27.5 Å². The Morgan fingerprint density at radius 3 is 2.52 bits per heavy atom. The minimum Gasteiger partial charge on any atom is -0.437 e. The first-order valence-electron chi connectivity index (χ1n) is 5.70. The number of alkyl halides is 3. The van der Waals surface area contributed by atoms with Crippen molar-refractivity contribution in [1.82, 2.24) is 4.98 Å². The van der Waals surface area contributed by atoms with E-state index >= 15 is 0 Å². The molecule has 0 amide bonds. The lowest BCUT2D eigenvalue weighted by Gasteiger charge is -2.12. The molecule has 0 radical (unpaired) electrons. The van der Waals surface area contributed by atoms with E-state index in [1.165, 1.54) is 19.2 Å². The molecule has 1 aromatic carbocycles. The molecule has 1 heterocycles. The number of nitrogens with zero attached hydrogens (tertiary/aromatic N) is 1. The molecule has 0 aliphatic carbocycles. The summed E-state index contributed by atoms with van der Waals surface area (Å²) in [5.41, 5.74) is -0.880. The predicted octanol–water partition coefficient (Wildman–Crippen LogP) is 5.24. The Bertz CT molecular complexity index is 662. The Balaban J connectivity index is 2.42. The lowest BCUT2D eigenvalue weighted by molar-refractivity contribution is -0.137. The summed E-state index contributed by atoms with van der Waals surface area (Å²) < 4.78 is 43.7. The second-order valence-electron chi connectivity index (χ2n) is 3.98. The molecule has 112 valence electrons. The number of benzene rings is 1. The van der Waals surface area contributed by atoms with Crippen LogP contribution in [0.25, 0.3) is 0 Å². The molecule has 0 fully saturated rings. The van der Waals surface area contributed by atoms with Crippen LogP contribution in [0.3, 0.4) is 0 Å². The van der Waals surface area contributed by atoms with Gasteiger partial charge in [0.05, 0.1) is 10.6 Å². The van der Waals surface area contributed by atoms with Gasteiger partial charge in [-0.25, -0.2) is 0 Å². The molecule has 2 aromatic rings. The maximum absolute atomic E-state index is 12.8. The molecule has 0 atom stereocenters. The molecule has 0 aliphatic heterocycles. The summed E-state index contributed by atoms with van der Waals surface area (Å²) in [7, 11) is 1.46. The predicted molar refractivity (Wildman–Crippen MR) is 75.3 cm³/mol. The number of halogens is 5. The fourth-order valence-corrected chi connectivity index (χ4v) is 1.86. The van der Waals surface area contributed by atoms with Crippen molar-refractivity contribution in [3.63, 3.8) is 0 Å². The van der Waals surface area contributed by atoms with Crippen molar-refractivity contribution in [2.24, 2.45) is 0 Å². The summed E-state index contributed by atoms with van der Waals surface area (Å²) in [4.78, 5) is 3.90. The first kappa shape index (κ1) is 15.7. The van der Waals surface area contributed by atoms with Gasteiger partial charge >= 0.3 is 6.18 Å². The van der Waals surface area contributed by atoms with Gasteiger partial charge in [0.2, 0.25) is 5.88 Å². The van der Waals surface area contributed by atoms with Crippen molar-refractivity contribution in [2.45, 2.75) is 6.18 Å². The molecule has 0 saturated heterocycles. The summed E-state index contributed by atoms with van der Waals surface area (Å²) in [6.07, 6.45) is -4.51. The smallest absolute Gasteiger partial charge is 0.416 e. The van der Waals surface area contributed by atoms with Gasteiger partial charge in [0, 0.05) is 13.1 Å². The summed E-state index contributed by atoms with van der Waals surface area (Å²) in [6.45, 7) is 0. The largest absolute Gasteiger partial charge is 0.437 e. The van der Waals surface area contributed by atoms with Gasteiger partial charge in [-0.3, -0.25) is 0 Å². The van der Waals surface area contributed by atoms with E-state index in [0.717, 1.165) is 12.1 Å². The number of anilines is 1. The van der Waals surface area contributed by atoms with Gasteiger partial charge < -0.3 is 10.1 Å². The highest BCUT2D eigenvalue weighted by Gasteiger charge is 2.32. The molecule has 0 saturated carbocycles. The van der Waals surface area contributed by atoms with E-state index in [9.17, 15) is 13.2 Å². The zero-order chi connectivity index (χ0) is 15.6. The summed E-state index contributed by atoms with van der Waals surface area (Å²) in [5, 5.41) is 2.87. The highest BCUT2D eigenvalue weighted by molar-refractivity contribution is 6.42. The van der Waals surface area contributed by atoms with Crippen LogP contribution in [-0.4, -0.2) is 12.0 Å². The van der Waals surface area contributed by atoms with E-state index in [1.54, 1.807) is 6.07 Å². The number of hydrogen-bond donors (Lipinski definition) is 1. The molecular formula is C13H9Cl2F3N2O. The number of hydrogen-bond acceptors (Lipinski definition) is 3. The van der Waals surface area contributed by atoms with Crippen molar-refractivity contribution in [1.29, 1.82) is 0 Å². The number of nitrogens with one attached hydrogen (secondary N) is 1. The molecule has 21 heavy (non-hydrogen) atoms. The third kappa shape index (κ3) is 3.71. The zero-order valence-electron chi connectivity index (χ0n) is 10.6. The number of aromatic nitrogens is 1. The van der Waals surface area contributed by atoms with Crippen molar-refractivity contribution in [3.05, 3.63) is 45.9 Å². The first-order valence-corrected chi connectivity index (χ1v) is 6.46. The number of rotatable bonds is 3. The average molecular weight is 337 g/mol. The van der Waals surface area contributed by atoms with Gasteiger partial charge in [0.15, 0.2) is 0 Å². The van der Waals surface area contributed by atoms with Crippen LogP contribution in [0.5, 0.6) is 11.6 Å².